The minimum atomic E-state index is -0.0120. The van der Waals surface area contributed by atoms with Crippen LogP contribution in [-0.4, -0.2) is 51.6 Å². The van der Waals surface area contributed by atoms with Crippen molar-refractivity contribution in [3.8, 4) is 5.88 Å². The zero-order valence-corrected chi connectivity index (χ0v) is 13.5. The van der Waals surface area contributed by atoms with Gasteiger partial charge in [0.05, 0.1) is 6.20 Å². The summed E-state index contributed by atoms with van der Waals surface area (Å²) in [5, 5.41) is 2.97. The third-order valence-corrected chi connectivity index (χ3v) is 4.00. The lowest BCUT2D eigenvalue weighted by atomic mass is 10.1. The molecular formula is C17H21N5O2. The minimum Gasteiger partial charge on any atom is -0.473 e. The maximum Gasteiger partial charge on any atom is 0.317 e. The molecule has 0 unspecified atom stereocenters. The van der Waals surface area contributed by atoms with E-state index in [2.05, 4.69) is 20.3 Å². The summed E-state index contributed by atoms with van der Waals surface area (Å²) in [6, 6.07) is 3.91. The number of hydrogen-bond acceptors (Lipinski definition) is 5. The first-order chi connectivity index (χ1) is 11.8. The Morgan fingerprint density at radius 1 is 1.17 bits per heavy atom. The third kappa shape index (κ3) is 4.65. The van der Waals surface area contributed by atoms with Crippen molar-refractivity contribution in [3.63, 3.8) is 0 Å². The van der Waals surface area contributed by atoms with Crippen molar-refractivity contribution >= 4 is 6.03 Å². The smallest absolute Gasteiger partial charge is 0.317 e. The second-order valence-corrected chi connectivity index (χ2v) is 5.69. The van der Waals surface area contributed by atoms with Gasteiger partial charge in [0.2, 0.25) is 5.88 Å². The van der Waals surface area contributed by atoms with Crippen LogP contribution in [0.3, 0.4) is 0 Å². The second kappa shape index (κ2) is 8.24. The summed E-state index contributed by atoms with van der Waals surface area (Å²) in [4.78, 5) is 26.1. The van der Waals surface area contributed by atoms with Crippen molar-refractivity contribution in [1.82, 2.24) is 25.2 Å². The number of rotatable bonds is 5. The topological polar surface area (TPSA) is 80.2 Å². The van der Waals surface area contributed by atoms with E-state index in [1.807, 2.05) is 17.0 Å². The number of nitrogens with zero attached hydrogens (tertiary/aromatic N) is 4. The first-order valence-electron chi connectivity index (χ1n) is 8.15. The highest BCUT2D eigenvalue weighted by molar-refractivity contribution is 5.74. The largest absolute Gasteiger partial charge is 0.473 e. The van der Waals surface area contributed by atoms with Gasteiger partial charge in [-0.25, -0.2) is 9.78 Å². The fraction of sp³-hybridized carbons (Fsp3) is 0.412. The monoisotopic (exact) mass is 327 g/mol. The predicted octanol–water partition coefficient (Wildman–Crippen LogP) is 1.67. The summed E-state index contributed by atoms with van der Waals surface area (Å²) in [6.07, 6.45) is 10.9. The molecule has 2 aromatic rings. The molecule has 3 rings (SSSR count). The molecule has 1 fully saturated rings. The Labute approximate surface area is 141 Å². The number of carbonyl (C=O) groups is 1. The molecule has 2 amide bonds. The number of aromatic nitrogens is 3. The molecule has 3 heterocycles. The second-order valence-electron chi connectivity index (χ2n) is 5.69. The lowest BCUT2D eigenvalue weighted by Crippen LogP contribution is -2.46. The average molecular weight is 327 g/mol. The number of urea groups is 1. The number of piperidine rings is 1. The highest BCUT2D eigenvalue weighted by Gasteiger charge is 2.23. The molecule has 24 heavy (non-hydrogen) atoms. The van der Waals surface area contributed by atoms with Gasteiger partial charge < -0.3 is 15.0 Å². The van der Waals surface area contributed by atoms with Crippen molar-refractivity contribution in [3.05, 3.63) is 48.7 Å². The van der Waals surface area contributed by atoms with Crippen molar-refractivity contribution in [2.24, 2.45) is 0 Å². The van der Waals surface area contributed by atoms with Gasteiger partial charge in [0.15, 0.2) is 0 Å². The average Bonchev–Trinajstić information content (AvgIpc) is 2.64. The Balaban J connectivity index is 1.37. The van der Waals surface area contributed by atoms with Crippen molar-refractivity contribution in [1.29, 1.82) is 0 Å². The van der Waals surface area contributed by atoms with Gasteiger partial charge in [-0.3, -0.25) is 9.97 Å². The Kier molecular flexibility index (Phi) is 5.55. The minimum absolute atomic E-state index is 0.0120. The SMILES string of the molecule is O=C(NCCc1ccncc1)N1CCC(Oc2cnccn2)CC1. The van der Waals surface area contributed by atoms with Crippen LogP contribution in [0, 0.1) is 0 Å². The maximum absolute atomic E-state index is 12.2. The van der Waals surface area contributed by atoms with Crippen molar-refractivity contribution in [2.75, 3.05) is 19.6 Å². The molecule has 7 heteroatoms. The van der Waals surface area contributed by atoms with E-state index >= 15 is 0 Å². The highest BCUT2D eigenvalue weighted by Crippen LogP contribution is 2.16. The number of ether oxygens (including phenoxy) is 1. The fourth-order valence-corrected chi connectivity index (χ4v) is 2.67. The van der Waals surface area contributed by atoms with Crippen LogP contribution in [0.1, 0.15) is 18.4 Å². The molecule has 0 atom stereocenters. The van der Waals surface area contributed by atoms with Crippen LogP contribution >= 0.6 is 0 Å². The molecule has 7 nitrogen and oxygen atoms in total. The molecule has 126 valence electrons. The third-order valence-electron chi connectivity index (χ3n) is 4.00. The maximum atomic E-state index is 12.2. The van der Waals surface area contributed by atoms with E-state index in [9.17, 15) is 4.79 Å². The first kappa shape index (κ1) is 16.2. The lowest BCUT2D eigenvalue weighted by Gasteiger charge is -2.31. The number of nitrogens with one attached hydrogen (secondary N) is 1. The van der Waals surface area contributed by atoms with Gasteiger partial charge in [0.1, 0.15) is 6.10 Å². The molecule has 2 aromatic heterocycles. The Morgan fingerprint density at radius 3 is 2.67 bits per heavy atom. The zero-order chi connectivity index (χ0) is 16.6. The van der Waals surface area contributed by atoms with E-state index in [1.165, 1.54) is 5.56 Å². The van der Waals surface area contributed by atoms with Crippen LogP contribution in [0.15, 0.2) is 43.1 Å². The quantitative estimate of drug-likeness (QED) is 0.903. The molecule has 0 radical (unpaired) electrons. The number of hydrogen-bond donors (Lipinski definition) is 1. The van der Waals surface area contributed by atoms with Crippen LogP contribution in [0.5, 0.6) is 5.88 Å². The number of pyridine rings is 1. The molecule has 1 saturated heterocycles. The molecule has 1 aliphatic rings. The summed E-state index contributed by atoms with van der Waals surface area (Å²) >= 11 is 0. The number of likely N-dealkylation sites (tertiary alicyclic amines) is 1. The fourth-order valence-electron chi connectivity index (χ4n) is 2.67. The lowest BCUT2D eigenvalue weighted by molar-refractivity contribution is 0.107. The molecule has 0 aromatic carbocycles. The van der Waals surface area contributed by atoms with Gasteiger partial charge in [0, 0.05) is 57.3 Å². The Hall–Kier alpha value is -2.70. The van der Waals surface area contributed by atoms with Gasteiger partial charge in [-0.1, -0.05) is 0 Å². The molecule has 0 bridgehead atoms. The summed E-state index contributed by atoms with van der Waals surface area (Å²) < 4.78 is 5.78. The summed E-state index contributed by atoms with van der Waals surface area (Å²) in [5.74, 6) is 0.540. The highest BCUT2D eigenvalue weighted by atomic mass is 16.5. The van der Waals surface area contributed by atoms with Crippen molar-refractivity contribution in [2.45, 2.75) is 25.4 Å². The predicted molar refractivity (Wildman–Crippen MR) is 88.6 cm³/mol. The number of amides is 2. The Morgan fingerprint density at radius 2 is 1.96 bits per heavy atom. The van der Waals surface area contributed by atoms with Gasteiger partial charge in [-0.05, 0) is 24.1 Å². The molecule has 0 spiro atoms. The molecule has 0 saturated carbocycles. The number of carbonyl (C=O) groups excluding carboxylic acids is 1. The van der Waals surface area contributed by atoms with E-state index < -0.39 is 0 Å². The molecule has 1 aliphatic heterocycles. The summed E-state index contributed by atoms with van der Waals surface area (Å²) in [6.45, 7) is 2.00. The van der Waals surface area contributed by atoms with Gasteiger partial charge >= 0.3 is 6.03 Å². The zero-order valence-electron chi connectivity index (χ0n) is 13.5. The van der Waals surface area contributed by atoms with Gasteiger partial charge in [0.25, 0.3) is 0 Å². The Bertz CT molecular complexity index is 630. The van der Waals surface area contributed by atoms with Crippen LogP contribution in [0.2, 0.25) is 0 Å². The molecular weight excluding hydrogens is 306 g/mol. The summed E-state index contributed by atoms with van der Waals surface area (Å²) in [7, 11) is 0. The van der Waals surface area contributed by atoms with Gasteiger partial charge in [-0.2, -0.15) is 0 Å². The van der Waals surface area contributed by atoms with E-state index in [1.54, 1.807) is 31.0 Å². The van der Waals surface area contributed by atoms with Crippen LogP contribution < -0.4 is 10.1 Å². The normalized spacial score (nSPS) is 15.1. The van der Waals surface area contributed by atoms with Crippen LogP contribution in [-0.2, 0) is 6.42 Å². The standard InChI is InChI=1S/C17H21N5O2/c23-17(21-8-3-14-1-6-18-7-2-14)22-11-4-15(5-12-22)24-16-13-19-9-10-20-16/h1-2,6-7,9-10,13,15H,3-5,8,11-12H2,(H,21,23). The van der Waals surface area contributed by atoms with Crippen molar-refractivity contribution < 1.29 is 9.53 Å². The van der Waals surface area contributed by atoms with Crippen LogP contribution in [0.4, 0.5) is 4.79 Å². The summed E-state index contributed by atoms with van der Waals surface area (Å²) in [5.41, 5.74) is 1.17. The van der Waals surface area contributed by atoms with Gasteiger partial charge in [-0.15, -0.1) is 0 Å². The van der Waals surface area contributed by atoms with E-state index in [4.69, 9.17) is 4.74 Å². The van der Waals surface area contributed by atoms with E-state index in [-0.39, 0.29) is 12.1 Å². The van der Waals surface area contributed by atoms with Crippen LogP contribution in [0.25, 0.3) is 0 Å². The van der Waals surface area contributed by atoms with E-state index in [0.29, 0.717) is 25.5 Å². The van der Waals surface area contributed by atoms with E-state index in [0.717, 1.165) is 19.3 Å². The molecule has 1 N–H and O–H groups in total. The molecule has 0 aliphatic carbocycles. The first-order valence-corrected chi connectivity index (χ1v) is 8.15.